The van der Waals surface area contributed by atoms with Gasteiger partial charge in [-0.05, 0) is 44.2 Å². The molecule has 4 rings (SSSR count). The van der Waals surface area contributed by atoms with Gasteiger partial charge in [0, 0.05) is 24.9 Å². The third-order valence-electron chi connectivity index (χ3n) is 6.84. The Labute approximate surface area is 197 Å². The summed E-state index contributed by atoms with van der Waals surface area (Å²) in [7, 11) is 0. The SMILES string of the molecule is CCCNC(=O)[C@@H]1[C@H]2C(=O)N(CCCCO)C(C(=O)Nc3ccccc3Cl)C23CC[C@H]1S3. The Hall–Kier alpha value is -1.77. The number of anilines is 1. The number of hydrogen-bond acceptors (Lipinski definition) is 5. The summed E-state index contributed by atoms with van der Waals surface area (Å²) in [6.07, 6.45) is 3.53. The fraction of sp³-hybridized carbons (Fsp3) is 0.609. The zero-order valence-corrected chi connectivity index (χ0v) is 19.8. The van der Waals surface area contributed by atoms with Crippen molar-refractivity contribution < 1.29 is 19.5 Å². The summed E-state index contributed by atoms with van der Waals surface area (Å²) in [6, 6.07) is 6.37. The normalized spacial score (nSPS) is 30.5. The van der Waals surface area contributed by atoms with Crippen LogP contribution in [0.3, 0.4) is 0 Å². The first-order chi connectivity index (χ1) is 15.4. The zero-order chi connectivity index (χ0) is 22.9. The number of para-hydroxylation sites is 1. The Morgan fingerprint density at radius 1 is 1.28 bits per heavy atom. The highest BCUT2D eigenvalue weighted by Crippen LogP contribution is 2.66. The molecular weight excluding hydrogens is 450 g/mol. The Kier molecular flexibility index (Phi) is 7.03. The zero-order valence-electron chi connectivity index (χ0n) is 18.2. The van der Waals surface area contributed by atoms with Crippen LogP contribution in [0.15, 0.2) is 24.3 Å². The molecule has 7 nitrogen and oxygen atoms in total. The molecule has 1 aromatic rings. The first kappa shape index (κ1) is 23.4. The second-order valence-electron chi connectivity index (χ2n) is 8.78. The van der Waals surface area contributed by atoms with Crippen molar-refractivity contribution in [3.05, 3.63) is 29.3 Å². The molecule has 174 valence electrons. The highest BCUT2D eigenvalue weighted by molar-refractivity contribution is 8.02. The quantitative estimate of drug-likeness (QED) is 0.473. The van der Waals surface area contributed by atoms with E-state index in [1.807, 2.05) is 6.92 Å². The number of nitrogens with one attached hydrogen (secondary N) is 2. The van der Waals surface area contributed by atoms with Crippen LogP contribution in [0.4, 0.5) is 5.69 Å². The fourth-order valence-electron chi connectivity index (χ4n) is 5.52. The van der Waals surface area contributed by atoms with Gasteiger partial charge in [0.05, 0.1) is 27.3 Å². The summed E-state index contributed by atoms with van der Waals surface area (Å²) < 4.78 is -0.611. The van der Waals surface area contributed by atoms with Crippen LogP contribution >= 0.6 is 23.4 Å². The van der Waals surface area contributed by atoms with Gasteiger partial charge in [-0.15, -0.1) is 11.8 Å². The standard InChI is InChI=1S/C23H30ClN3O4S/c1-2-11-25-20(29)17-16-9-10-23(32-16)18(17)22(31)27(12-5-6-13-28)19(23)21(30)26-15-8-4-3-7-14(15)24/h3-4,7-8,16-19,28H,2,5-6,9-13H2,1H3,(H,25,29)(H,26,30)/t16-,17+,18+,19?,23?/m1/s1. The highest BCUT2D eigenvalue weighted by Gasteiger charge is 2.73. The molecule has 2 bridgehead atoms. The highest BCUT2D eigenvalue weighted by atomic mass is 35.5. The van der Waals surface area contributed by atoms with E-state index in [-0.39, 0.29) is 29.6 Å². The number of hydrogen-bond donors (Lipinski definition) is 3. The van der Waals surface area contributed by atoms with Crippen LogP contribution in [0.5, 0.6) is 0 Å². The van der Waals surface area contributed by atoms with Crippen molar-refractivity contribution in [1.29, 1.82) is 0 Å². The van der Waals surface area contributed by atoms with Crippen molar-refractivity contribution >= 4 is 46.8 Å². The van der Waals surface area contributed by atoms with Crippen LogP contribution in [0.2, 0.25) is 5.02 Å². The number of aliphatic hydroxyl groups excluding tert-OH is 1. The van der Waals surface area contributed by atoms with Crippen LogP contribution in [-0.4, -0.2) is 63.5 Å². The molecule has 0 saturated carbocycles. The molecule has 3 fully saturated rings. The molecule has 0 radical (unpaired) electrons. The molecule has 9 heteroatoms. The number of carbonyl (C=O) groups excluding carboxylic acids is 3. The maximum Gasteiger partial charge on any atom is 0.248 e. The topological polar surface area (TPSA) is 98.7 Å². The number of aliphatic hydroxyl groups is 1. The second kappa shape index (κ2) is 9.61. The minimum atomic E-state index is -0.672. The van der Waals surface area contributed by atoms with Crippen molar-refractivity contribution in [2.75, 3.05) is 25.0 Å². The van der Waals surface area contributed by atoms with Crippen LogP contribution in [0.1, 0.15) is 39.0 Å². The first-order valence-electron chi connectivity index (χ1n) is 11.4. The monoisotopic (exact) mass is 479 g/mol. The van der Waals surface area contributed by atoms with Crippen LogP contribution < -0.4 is 10.6 Å². The smallest absolute Gasteiger partial charge is 0.248 e. The average molecular weight is 480 g/mol. The Morgan fingerprint density at radius 3 is 2.78 bits per heavy atom. The Balaban J connectivity index is 1.65. The van der Waals surface area contributed by atoms with E-state index in [4.69, 9.17) is 11.6 Å². The number of rotatable bonds is 9. The third kappa shape index (κ3) is 3.90. The van der Waals surface area contributed by atoms with Gasteiger partial charge in [0.1, 0.15) is 6.04 Å². The van der Waals surface area contributed by atoms with E-state index in [2.05, 4.69) is 10.6 Å². The maximum atomic E-state index is 13.7. The van der Waals surface area contributed by atoms with E-state index < -0.39 is 22.6 Å². The minimum Gasteiger partial charge on any atom is -0.396 e. The van der Waals surface area contributed by atoms with E-state index >= 15 is 0 Å². The molecule has 3 saturated heterocycles. The van der Waals surface area contributed by atoms with Gasteiger partial charge in [-0.3, -0.25) is 14.4 Å². The van der Waals surface area contributed by atoms with Gasteiger partial charge in [0.25, 0.3) is 0 Å². The third-order valence-corrected chi connectivity index (χ3v) is 9.12. The second-order valence-corrected chi connectivity index (χ2v) is 10.8. The largest absolute Gasteiger partial charge is 0.396 e. The predicted molar refractivity (Wildman–Crippen MR) is 126 cm³/mol. The van der Waals surface area contributed by atoms with Crippen molar-refractivity contribution in [3.8, 4) is 0 Å². The van der Waals surface area contributed by atoms with Gasteiger partial charge in [-0.2, -0.15) is 0 Å². The number of likely N-dealkylation sites (tertiary alicyclic amines) is 1. The van der Waals surface area contributed by atoms with Crippen molar-refractivity contribution in [2.24, 2.45) is 11.8 Å². The molecule has 3 heterocycles. The Morgan fingerprint density at radius 2 is 2.06 bits per heavy atom. The lowest BCUT2D eigenvalue weighted by Gasteiger charge is -2.34. The van der Waals surface area contributed by atoms with E-state index in [1.54, 1.807) is 40.9 Å². The lowest BCUT2D eigenvalue weighted by molar-refractivity contribution is -0.139. The molecule has 3 amide bonds. The van der Waals surface area contributed by atoms with Gasteiger partial charge in [-0.25, -0.2) is 0 Å². The van der Waals surface area contributed by atoms with E-state index in [9.17, 15) is 19.5 Å². The van der Waals surface area contributed by atoms with Gasteiger partial charge in [0.2, 0.25) is 17.7 Å². The maximum absolute atomic E-state index is 13.7. The summed E-state index contributed by atoms with van der Waals surface area (Å²) >= 11 is 7.91. The minimum absolute atomic E-state index is 0.0337. The number of halogens is 1. The molecule has 32 heavy (non-hydrogen) atoms. The van der Waals surface area contributed by atoms with Gasteiger partial charge in [-0.1, -0.05) is 30.7 Å². The molecule has 2 unspecified atom stereocenters. The van der Waals surface area contributed by atoms with Gasteiger partial charge >= 0.3 is 0 Å². The lowest BCUT2D eigenvalue weighted by atomic mass is 9.70. The molecule has 3 aliphatic heterocycles. The van der Waals surface area contributed by atoms with Crippen LogP contribution in [-0.2, 0) is 14.4 Å². The van der Waals surface area contributed by atoms with Gasteiger partial charge < -0.3 is 20.6 Å². The van der Waals surface area contributed by atoms with Crippen LogP contribution in [0.25, 0.3) is 0 Å². The molecule has 1 spiro atoms. The number of thioether (sulfide) groups is 1. The van der Waals surface area contributed by atoms with Crippen molar-refractivity contribution in [1.82, 2.24) is 10.2 Å². The number of nitrogens with zero attached hydrogens (tertiary/aromatic N) is 1. The summed E-state index contributed by atoms with van der Waals surface area (Å²) in [4.78, 5) is 41.9. The molecular formula is C23H30ClN3O4S. The number of unbranched alkanes of at least 4 members (excludes halogenated alkanes) is 1. The molecule has 3 aliphatic rings. The average Bonchev–Trinajstić information content (AvgIpc) is 3.41. The summed E-state index contributed by atoms with van der Waals surface area (Å²) in [5.41, 5.74) is 0.511. The van der Waals surface area contributed by atoms with Crippen LogP contribution in [0, 0.1) is 11.8 Å². The van der Waals surface area contributed by atoms with Gasteiger partial charge in [0.15, 0.2) is 0 Å². The molecule has 1 aromatic carbocycles. The molecule has 3 N–H and O–H groups in total. The summed E-state index contributed by atoms with van der Waals surface area (Å²) in [5, 5.41) is 15.6. The van der Waals surface area contributed by atoms with Crippen molar-refractivity contribution in [3.63, 3.8) is 0 Å². The lowest BCUT2D eigenvalue weighted by Crippen LogP contribution is -2.52. The number of carbonyl (C=O) groups is 3. The number of amides is 3. The number of fused-ring (bicyclic) bond motifs is 1. The molecule has 5 atom stereocenters. The first-order valence-corrected chi connectivity index (χ1v) is 12.6. The van der Waals surface area contributed by atoms with E-state index in [0.717, 1.165) is 19.3 Å². The van der Waals surface area contributed by atoms with Crippen molar-refractivity contribution in [2.45, 2.75) is 55.1 Å². The number of benzene rings is 1. The Bertz CT molecular complexity index is 900. The summed E-state index contributed by atoms with van der Waals surface area (Å²) in [6.45, 7) is 2.99. The fourth-order valence-corrected chi connectivity index (χ4v) is 7.92. The molecule has 0 aromatic heterocycles. The molecule has 0 aliphatic carbocycles. The van der Waals surface area contributed by atoms with E-state index in [1.165, 1.54) is 0 Å². The predicted octanol–water partition coefficient (Wildman–Crippen LogP) is 2.67. The van der Waals surface area contributed by atoms with E-state index in [0.29, 0.717) is 36.6 Å². The summed E-state index contributed by atoms with van der Waals surface area (Å²) in [5.74, 6) is -1.37.